The second kappa shape index (κ2) is 4.26. The molecule has 0 aromatic carbocycles. The van der Waals surface area contributed by atoms with Gasteiger partial charge in [-0.3, -0.25) is 0 Å². The van der Waals surface area contributed by atoms with Crippen LogP contribution in [0, 0.1) is 0 Å². The van der Waals surface area contributed by atoms with E-state index in [1.165, 1.54) is 16.9 Å². The summed E-state index contributed by atoms with van der Waals surface area (Å²) in [7, 11) is 0. The number of hydrogen-bond acceptors (Lipinski definition) is 6. The summed E-state index contributed by atoms with van der Waals surface area (Å²) < 4.78 is 1.86. The molecule has 0 saturated heterocycles. The van der Waals surface area contributed by atoms with Crippen molar-refractivity contribution < 1.29 is 0 Å². The van der Waals surface area contributed by atoms with E-state index in [-0.39, 0.29) is 0 Å². The summed E-state index contributed by atoms with van der Waals surface area (Å²) in [5, 5.41) is 15.0. The molecule has 0 bridgehead atoms. The highest BCUT2D eigenvalue weighted by atomic mass is 32.1. The van der Waals surface area contributed by atoms with E-state index >= 15 is 0 Å². The summed E-state index contributed by atoms with van der Waals surface area (Å²) in [6.45, 7) is 4.21. The van der Waals surface area contributed by atoms with Crippen molar-refractivity contribution in [1.29, 1.82) is 0 Å². The first-order valence-electron chi connectivity index (χ1n) is 6.77. The minimum atomic E-state index is 0.311. The van der Waals surface area contributed by atoms with E-state index in [0.717, 1.165) is 39.2 Å². The third-order valence-corrected chi connectivity index (χ3v) is 5.73. The largest absolute Gasteiger partial charge is 0.390 e. The van der Waals surface area contributed by atoms with Crippen LogP contribution in [0.15, 0.2) is 0 Å². The number of rotatable bonds is 2. The van der Waals surface area contributed by atoms with E-state index in [4.69, 9.17) is 10.8 Å². The van der Waals surface area contributed by atoms with Gasteiger partial charge in [0, 0.05) is 10.8 Å². The molecule has 0 unspecified atom stereocenters. The normalized spacial score (nSPS) is 14.6. The van der Waals surface area contributed by atoms with Crippen molar-refractivity contribution >= 4 is 32.6 Å². The maximum absolute atomic E-state index is 6.21. The van der Waals surface area contributed by atoms with Crippen LogP contribution in [-0.2, 0) is 12.8 Å². The van der Waals surface area contributed by atoms with Crippen molar-refractivity contribution in [3.8, 4) is 10.6 Å². The van der Waals surface area contributed by atoms with Gasteiger partial charge in [-0.25, -0.2) is 0 Å². The molecule has 0 atom stereocenters. The standard InChI is InChI=1S/C13H15N5S2/c1-6(2)11-15-16-13-18(11)17-12(20-13)9-7-4-3-5-8(7)19-10(9)14/h6H,3-5,14H2,1-2H3. The third kappa shape index (κ3) is 1.63. The lowest BCUT2D eigenvalue weighted by Crippen LogP contribution is -1.98. The van der Waals surface area contributed by atoms with Crippen LogP contribution in [0.25, 0.3) is 15.5 Å². The van der Waals surface area contributed by atoms with Gasteiger partial charge in [-0.1, -0.05) is 25.2 Å². The van der Waals surface area contributed by atoms with Crippen LogP contribution < -0.4 is 5.73 Å². The van der Waals surface area contributed by atoms with Crippen LogP contribution in [0.5, 0.6) is 0 Å². The minimum Gasteiger partial charge on any atom is -0.390 e. The Kier molecular flexibility index (Phi) is 2.62. The van der Waals surface area contributed by atoms with Crippen molar-refractivity contribution in [3.05, 3.63) is 16.3 Å². The monoisotopic (exact) mass is 305 g/mol. The van der Waals surface area contributed by atoms with Gasteiger partial charge in [-0.15, -0.1) is 21.5 Å². The summed E-state index contributed by atoms with van der Waals surface area (Å²) in [5.74, 6) is 1.22. The van der Waals surface area contributed by atoms with Crippen LogP contribution in [0.1, 0.15) is 42.5 Å². The number of nitrogens with zero attached hydrogens (tertiary/aromatic N) is 4. The van der Waals surface area contributed by atoms with Crippen LogP contribution in [0.2, 0.25) is 0 Å². The minimum absolute atomic E-state index is 0.311. The molecule has 0 spiro atoms. The van der Waals surface area contributed by atoms with Crippen LogP contribution in [-0.4, -0.2) is 19.8 Å². The number of hydrogen-bond donors (Lipinski definition) is 1. The number of aryl methyl sites for hydroxylation is 1. The molecule has 20 heavy (non-hydrogen) atoms. The van der Waals surface area contributed by atoms with Gasteiger partial charge in [0.2, 0.25) is 4.96 Å². The van der Waals surface area contributed by atoms with Crippen molar-refractivity contribution in [2.75, 3.05) is 5.73 Å². The molecule has 3 heterocycles. The topological polar surface area (TPSA) is 69.1 Å². The van der Waals surface area contributed by atoms with Gasteiger partial charge < -0.3 is 5.73 Å². The Balaban J connectivity index is 1.91. The predicted octanol–water partition coefficient (Wildman–Crippen LogP) is 3.11. The second-order valence-electron chi connectivity index (χ2n) is 5.41. The van der Waals surface area contributed by atoms with Gasteiger partial charge in [0.05, 0.1) is 10.6 Å². The highest BCUT2D eigenvalue weighted by Crippen LogP contribution is 2.44. The fourth-order valence-corrected chi connectivity index (χ4v) is 4.91. The van der Waals surface area contributed by atoms with E-state index in [1.807, 2.05) is 4.52 Å². The summed E-state index contributed by atoms with van der Waals surface area (Å²) in [4.78, 5) is 2.29. The Bertz CT molecular complexity index is 795. The second-order valence-corrected chi connectivity index (χ2v) is 7.50. The quantitative estimate of drug-likeness (QED) is 0.790. The van der Waals surface area contributed by atoms with Crippen molar-refractivity contribution in [3.63, 3.8) is 0 Å². The van der Waals surface area contributed by atoms with Crippen LogP contribution in [0.3, 0.4) is 0 Å². The number of aromatic nitrogens is 4. The third-order valence-electron chi connectivity index (χ3n) is 3.69. The van der Waals surface area contributed by atoms with E-state index in [1.54, 1.807) is 22.7 Å². The van der Waals surface area contributed by atoms with Crippen LogP contribution >= 0.6 is 22.7 Å². The molecule has 3 aromatic rings. The Morgan fingerprint density at radius 2 is 2.05 bits per heavy atom. The lowest BCUT2D eigenvalue weighted by molar-refractivity contribution is 0.727. The van der Waals surface area contributed by atoms with Gasteiger partial charge in [-0.2, -0.15) is 9.61 Å². The van der Waals surface area contributed by atoms with E-state index < -0.39 is 0 Å². The molecule has 104 valence electrons. The first-order chi connectivity index (χ1) is 9.65. The number of anilines is 1. The highest BCUT2D eigenvalue weighted by molar-refractivity contribution is 7.21. The Hall–Kier alpha value is -1.47. The molecule has 0 fully saturated rings. The molecule has 5 nitrogen and oxygen atoms in total. The lowest BCUT2D eigenvalue weighted by Gasteiger charge is -1.99. The predicted molar refractivity (Wildman–Crippen MR) is 82.5 cm³/mol. The maximum Gasteiger partial charge on any atom is 0.234 e. The van der Waals surface area contributed by atoms with E-state index in [9.17, 15) is 0 Å². The molecule has 2 N–H and O–H groups in total. The van der Waals surface area contributed by atoms with Gasteiger partial charge in [0.25, 0.3) is 0 Å². The first kappa shape index (κ1) is 12.3. The number of thiophene rings is 1. The summed E-state index contributed by atoms with van der Waals surface area (Å²) in [6.07, 6.45) is 3.51. The Labute approximate surface area is 124 Å². The Morgan fingerprint density at radius 3 is 2.85 bits per heavy atom. The SMILES string of the molecule is CC(C)c1nnc2sc(-c3c(N)sc4c3CCC4)nn12. The van der Waals surface area contributed by atoms with Crippen molar-refractivity contribution in [2.24, 2.45) is 0 Å². The first-order valence-corrected chi connectivity index (χ1v) is 8.41. The molecule has 1 aliphatic carbocycles. The average Bonchev–Trinajstić information content (AvgIpc) is 3.06. The zero-order valence-corrected chi connectivity index (χ0v) is 13.0. The molecule has 4 rings (SSSR count). The van der Waals surface area contributed by atoms with Gasteiger partial charge in [-0.05, 0) is 24.8 Å². The zero-order chi connectivity index (χ0) is 13.9. The highest BCUT2D eigenvalue weighted by Gasteiger charge is 2.25. The molecule has 1 aliphatic rings. The molecule has 0 amide bonds. The van der Waals surface area contributed by atoms with Crippen molar-refractivity contribution in [1.82, 2.24) is 19.8 Å². The van der Waals surface area contributed by atoms with Gasteiger partial charge >= 0.3 is 0 Å². The molecule has 7 heteroatoms. The van der Waals surface area contributed by atoms with Gasteiger partial charge in [0.1, 0.15) is 0 Å². The van der Waals surface area contributed by atoms with Crippen LogP contribution in [0.4, 0.5) is 5.00 Å². The molecule has 0 aliphatic heterocycles. The lowest BCUT2D eigenvalue weighted by atomic mass is 10.1. The average molecular weight is 305 g/mol. The fourth-order valence-electron chi connectivity index (χ4n) is 2.75. The van der Waals surface area contributed by atoms with E-state index in [2.05, 4.69) is 24.0 Å². The molecule has 0 radical (unpaired) electrons. The molecule has 0 saturated carbocycles. The number of nitrogen functional groups attached to an aromatic ring is 1. The summed E-state index contributed by atoms with van der Waals surface area (Å²) >= 11 is 3.30. The molecular formula is C13H15N5S2. The maximum atomic E-state index is 6.21. The molecule has 3 aromatic heterocycles. The zero-order valence-electron chi connectivity index (χ0n) is 11.4. The smallest absolute Gasteiger partial charge is 0.234 e. The van der Waals surface area contributed by atoms with E-state index in [0.29, 0.717) is 5.92 Å². The molecular weight excluding hydrogens is 290 g/mol. The van der Waals surface area contributed by atoms with Crippen molar-refractivity contribution in [2.45, 2.75) is 39.0 Å². The number of fused-ring (bicyclic) bond motifs is 2. The number of nitrogens with two attached hydrogens (primary N) is 1. The van der Waals surface area contributed by atoms with Gasteiger partial charge in [0.15, 0.2) is 10.8 Å². The fraction of sp³-hybridized carbons (Fsp3) is 0.462. The summed E-state index contributed by atoms with van der Waals surface area (Å²) in [5.41, 5.74) is 8.76. The Morgan fingerprint density at radius 1 is 1.20 bits per heavy atom. The summed E-state index contributed by atoms with van der Waals surface area (Å²) in [6, 6.07) is 0.